The van der Waals surface area contributed by atoms with E-state index in [1.807, 2.05) is 33.8 Å². The van der Waals surface area contributed by atoms with Gasteiger partial charge in [-0.25, -0.2) is 19.8 Å². The molecule has 27 heteroatoms. The lowest BCUT2D eigenvalue weighted by atomic mass is 9.81. The predicted octanol–water partition coefficient (Wildman–Crippen LogP) is 6.54. The Morgan fingerprint density at radius 1 is 1.02 bits per heavy atom. The quantitative estimate of drug-likeness (QED) is 0.0144. The maximum absolute atomic E-state index is 14.3. The normalized spacial score (nSPS) is 19.8. The molecule has 0 spiro atoms. The number of hydrogen-bond acceptors (Lipinski definition) is 21. The number of cyclic esters (lactones) is 1. The Hall–Kier alpha value is -6.32. The van der Waals surface area contributed by atoms with Crippen LogP contribution in [-0.4, -0.2) is 167 Å². The van der Waals surface area contributed by atoms with Crippen molar-refractivity contribution in [2.45, 2.75) is 161 Å². The number of hydrazone groups is 1. The number of anilines is 1. The fraction of sp³-hybridized carbons (Fsp3) is 0.596. The maximum Gasteiger partial charge on any atom is 0.409 e. The summed E-state index contributed by atoms with van der Waals surface area (Å²) >= 11 is 6.78. The largest absolute Gasteiger partial charge is 0.507 e. The predicted molar refractivity (Wildman–Crippen MR) is 313 cm³/mol. The molecule has 0 saturated carbocycles. The highest BCUT2D eigenvalue weighted by Crippen LogP contribution is 2.41. The van der Waals surface area contributed by atoms with Crippen molar-refractivity contribution in [2.75, 3.05) is 52.2 Å². The van der Waals surface area contributed by atoms with E-state index in [1.54, 1.807) is 39.0 Å². The van der Waals surface area contributed by atoms with Gasteiger partial charge < -0.3 is 58.4 Å². The van der Waals surface area contributed by atoms with Crippen LogP contribution in [0.15, 0.2) is 41.0 Å². The summed E-state index contributed by atoms with van der Waals surface area (Å²) in [7, 11) is 8.52. The standard InChI is InChI=1S/C57H79ClN6O18S2/c1-13-31(2)23-36-24-39(52(58)43(25-36)77-12)63(10)49(70)28-41(32(3)53(72)33(4)44-29-57(75,35(6)76-11)59-55(74)81-44)80-54(73)34(5)62(9)46(67)19-22-83-84-56(7,8)30-45(66)61-60-38-18-21-79-42-27-37(26-40(65)51(38)42)78-20-14-15-50(71)82-64-47(68)16-17-48(64)69/h13,24-27,32-35,41,44,53,65,72,75H,14-23,28-30H2,1-12H3,(H,59,74)(H,61,66)/b31-13+,60-38+/t32-,33-,34+,35-,41+,44+,53-,57+/m1/s1. The summed E-state index contributed by atoms with van der Waals surface area (Å²) in [5.41, 5.74) is 3.59. The Bertz CT molecular complexity index is 2800. The first-order chi connectivity index (χ1) is 39.5. The third-order valence-electron chi connectivity index (χ3n) is 14.9. The highest BCUT2D eigenvalue weighted by molar-refractivity contribution is 8.77. The number of phenolic OH excluding ortho intramolecular Hbond substituents is 1. The number of imide groups is 1. The third-order valence-corrected chi connectivity index (χ3v) is 18.5. The van der Waals surface area contributed by atoms with Gasteiger partial charge in [-0.1, -0.05) is 58.7 Å². The van der Waals surface area contributed by atoms with Crippen molar-refractivity contribution in [3.63, 3.8) is 0 Å². The molecule has 0 aliphatic carbocycles. The molecule has 0 aromatic heterocycles. The Morgan fingerprint density at radius 3 is 2.37 bits per heavy atom. The van der Waals surface area contributed by atoms with Crippen LogP contribution >= 0.6 is 33.2 Å². The van der Waals surface area contributed by atoms with Crippen molar-refractivity contribution < 1.29 is 86.9 Å². The maximum atomic E-state index is 14.3. The number of benzene rings is 2. The molecule has 0 unspecified atom stereocenters. The first-order valence-electron chi connectivity index (χ1n) is 27.5. The van der Waals surface area contributed by atoms with Gasteiger partial charge in [-0.15, -0.1) is 5.06 Å². The van der Waals surface area contributed by atoms with Crippen LogP contribution in [-0.2, 0) is 59.0 Å². The molecule has 5 N–H and O–H groups in total. The second-order valence-electron chi connectivity index (χ2n) is 21.6. The Labute approximate surface area is 502 Å². The number of aliphatic hydroxyl groups excluding tert-OH is 1. The molecule has 3 aliphatic heterocycles. The van der Waals surface area contributed by atoms with Gasteiger partial charge >= 0.3 is 18.0 Å². The zero-order chi connectivity index (χ0) is 62.4. The Morgan fingerprint density at radius 2 is 1.71 bits per heavy atom. The zero-order valence-corrected chi connectivity index (χ0v) is 52.0. The minimum atomic E-state index is -1.83. The number of alkyl carbamates (subject to hydrolysis) is 1. The number of phenols is 1. The monoisotopic (exact) mass is 1230 g/mol. The molecule has 464 valence electrons. The molecule has 2 saturated heterocycles. The molecule has 84 heavy (non-hydrogen) atoms. The van der Waals surface area contributed by atoms with Gasteiger partial charge in [-0.2, -0.15) is 5.10 Å². The fourth-order valence-electron chi connectivity index (χ4n) is 9.24. The molecule has 0 radical (unpaired) electrons. The van der Waals surface area contributed by atoms with Gasteiger partial charge in [0.25, 0.3) is 11.8 Å². The number of aliphatic hydroxyl groups is 2. The van der Waals surface area contributed by atoms with E-state index in [2.05, 4.69) is 15.8 Å². The van der Waals surface area contributed by atoms with Crippen molar-refractivity contribution in [3.8, 4) is 23.0 Å². The number of carbonyl (C=O) groups excluding carboxylic acids is 8. The molecule has 3 aliphatic rings. The van der Waals surface area contributed by atoms with Crippen molar-refractivity contribution in [1.29, 1.82) is 0 Å². The van der Waals surface area contributed by atoms with Crippen LogP contribution in [0, 0.1) is 11.8 Å². The van der Waals surface area contributed by atoms with Crippen LogP contribution in [0.5, 0.6) is 23.0 Å². The number of fused-ring (bicyclic) bond motifs is 1. The number of hydroxylamine groups is 2. The van der Waals surface area contributed by atoms with Crippen LogP contribution < -0.4 is 29.9 Å². The van der Waals surface area contributed by atoms with E-state index in [4.69, 9.17) is 44.9 Å². The fourth-order valence-corrected chi connectivity index (χ4v) is 12.0. The molecule has 3 heterocycles. The summed E-state index contributed by atoms with van der Waals surface area (Å²) in [6.07, 6.45) is -3.28. The zero-order valence-electron chi connectivity index (χ0n) is 49.6. The molecule has 5 rings (SSSR count). The summed E-state index contributed by atoms with van der Waals surface area (Å²) in [5.74, 6) is -5.06. The molecule has 24 nitrogen and oxygen atoms in total. The van der Waals surface area contributed by atoms with Gasteiger partial charge in [0.1, 0.15) is 52.4 Å². The van der Waals surface area contributed by atoms with E-state index >= 15 is 0 Å². The minimum absolute atomic E-state index is 0.00151. The lowest BCUT2D eigenvalue weighted by Crippen LogP contribution is -2.63. The number of likely N-dealkylation sites (N-methyl/N-ethyl adjacent to an activating group) is 1. The Balaban J connectivity index is 1.16. The molecule has 0 bridgehead atoms. The average molecular weight is 1240 g/mol. The SMILES string of the molecule is C/C=C(\C)Cc1cc(OC)c(Cl)c(N(C)C(=O)C[C@H](OC(=O)[C@H](C)N(C)C(=O)CCSSC(C)(C)CC(=O)N/N=C2\CCOc3cc(OCCCC(=O)ON4C(=O)CCC4=O)cc(O)c32)[C@@H](C)[C@@H](O)[C@H](C)[C@@H]2C[C@](O)([C@@H](C)OC)NC(=O)O2)c1. The number of rotatable bonds is 29. The molecule has 8 atom stereocenters. The van der Waals surface area contributed by atoms with Gasteiger partial charge in [0.2, 0.25) is 17.7 Å². The van der Waals surface area contributed by atoms with Crippen molar-refractivity contribution in [1.82, 2.24) is 20.7 Å². The van der Waals surface area contributed by atoms with Crippen LogP contribution in [0.3, 0.4) is 0 Å². The Kier molecular flexibility index (Phi) is 25.0. The van der Waals surface area contributed by atoms with E-state index in [-0.39, 0.29) is 92.4 Å². The number of esters is 1. The van der Waals surface area contributed by atoms with Gasteiger partial charge in [0.15, 0.2) is 5.72 Å². The first kappa shape index (κ1) is 68.5. The van der Waals surface area contributed by atoms with Crippen molar-refractivity contribution >= 4 is 92.2 Å². The van der Waals surface area contributed by atoms with Crippen LogP contribution in [0.2, 0.25) is 5.02 Å². The average Bonchev–Trinajstić information content (AvgIpc) is 3.28. The van der Waals surface area contributed by atoms with Gasteiger partial charge in [-0.3, -0.25) is 29.3 Å². The second-order valence-corrected chi connectivity index (χ2v) is 25.1. The highest BCUT2D eigenvalue weighted by Gasteiger charge is 2.48. The minimum Gasteiger partial charge on any atom is -0.507 e. The number of methoxy groups -OCH3 is 2. The van der Waals surface area contributed by atoms with E-state index in [1.165, 1.54) is 72.7 Å². The number of halogens is 1. The van der Waals surface area contributed by atoms with E-state index in [0.717, 1.165) is 11.1 Å². The van der Waals surface area contributed by atoms with Crippen LogP contribution in [0.25, 0.3) is 0 Å². The molecule has 6 amide bonds. The summed E-state index contributed by atoms with van der Waals surface area (Å²) in [5, 5.41) is 41.5. The number of amides is 6. The number of nitrogens with zero attached hydrogens (tertiary/aromatic N) is 4. The summed E-state index contributed by atoms with van der Waals surface area (Å²) in [4.78, 5) is 111. The van der Waals surface area contributed by atoms with E-state index in [0.29, 0.717) is 34.4 Å². The summed E-state index contributed by atoms with van der Waals surface area (Å²) in [6.45, 7) is 14.1. The van der Waals surface area contributed by atoms with Crippen LogP contribution in [0.4, 0.5) is 10.5 Å². The number of hydrogen-bond donors (Lipinski definition) is 5. The number of ether oxygens (including phenoxy) is 6. The number of aromatic hydroxyl groups is 1. The van der Waals surface area contributed by atoms with E-state index in [9.17, 15) is 53.7 Å². The molecular formula is C57H79ClN6O18S2. The number of allylic oxidation sites excluding steroid dienone is 2. The van der Waals surface area contributed by atoms with Gasteiger partial charge in [0, 0.05) is 94.2 Å². The number of nitrogens with one attached hydrogen (secondary N) is 2. The van der Waals surface area contributed by atoms with Crippen molar-refractivity contribution in [3.05, 3.63) is 52.1 Å². The summed E-state index contributed by atoms with van der Waals surface area (Å²) < 4.78 is 33.3. The van der Waals surface area contributed by atoms with Gasteiger partial charge in [0.05, 0.1) is 56.2 Å². The topological polar surface area (TPSA) is 308 Å². The molecular weight excluding hydrogens is 1160 g/mol. The molecule has 2 aromatic carbocycles. The second kappa shape index (κ2) is 30.7. The molecule has 2 fully saturated rings. The lowest BCUT2D eigenvalue weighted by Gasteiger charge is -2.43. The highest BCUT2D eigenvalue weighted by atomic mass is 35.5. The van der Waals surface area contributed by atoms with E-state index < -0.39 is 107 Å². The van der Waals surface area contributed by atoms with Crippen LogP contribution in [0.1, 0.15) is 124 Å². The third kappa shape index (κ3) is 18.3. The first-order valence-corrected chi connectivity index (χ1v) is 30.2. The summed E-state index contributed by atoms with van der Waals surface area (Å²) in [6, 6.07) is 5.28. The lowest BCUT2D eigenvalue weighted by molar-refractivity contribution is -0.197. The number of carbonyl (C=O) groups is 8. The smallest absolute Gasteiger partial charge is 0.409 e. The van der Waals surface area contributed by atoms with Gasteiger partial charge in [-0.05, 0) is 72.1 Å². The molecule has 2 aromatic rings. The van der Waals surface area contributed by atoms with Crippen molar-refractivity contribution in [2.24, 2.45) is 16.9 Å².